The van der Waals surface area contributed by atoms with Crippen LogP contribution in [0.15, 0.2) is 79.4 Å². The molecular weight excluding hydrogens is 447 g/mol. The minimum Gasteiger partial charge on any atom is -0.250 e. The van der Waals surface area contributed by atoms with Crippen LogP contribution in [0, 0.1) is 0 Å². The van der Waals surface area contributed by atoms with Crippen molar-refractivity contribution < 1.29 is 4.57 Å². The van der Waals surface area contributed by atoms with E-state index in [0.29, 0.717) is 6.04 Å². The highest BCUT2D eigenvalue weighted by atomic mass is 15.0. The molecule has 0 saturated carbocycles. The second kappa shape index (κ2) is 18.9. The van der Waals surface area contributed by atoms with Crippen molar-refractivity contribution in [3.63, 3.8) is 0 Å². The Hall–Kier alpha value is -2.29. The lowest BCUT2D eigenvalue weighted by molar-refractivity contribution is -0.723. The predicted molar refractivity (Wildman–Crippen MR) is 166 cm³/mol. The van der Waals surface area contributed by atoms with E-state index >= 15 is 0 Å². The van der Waals surface area contributed by atoms with Crippen molar-refractivity contribution in [3.8, 4) is 0 Å². The summed E-state index contributed by atoms with van der Waals surface area (Å²) in [4.78, 5) is 3.12. The lowest BCUT2D eigenvalue weighted by Crippen LogP contribution is -2.58. The number of hydrogen-bond donors (Lipinski definition) is 1. The van der Waals surface area contributed by atoms with Gasteiger partial charge in [0.1, 0.15) is 18.4 Å². The van der Waals surface area contributed by atoms with E-state index < -0.39 is 6.15 Å². The number of H-pyrrole nitrogens is 1. The molecule has 37 heavy (non-hydrogen) atoms. The molecular formula is C34H55BN2. The Labute approximate surface area is 229 Å². The van der Waals surface area contributed by atoms with Gasteiger partial charge in [-0.15, -0.1) is 0 Å². The van der Waals surface area contributed by atoms with Crippen LogP contribution in [-0.4, -0.2) is 11.1 Å². The molecule has 0 saturated heterocycles. The molecule has 2 aromatic carbocycles. The van der Waals surface area contributed by atoms with E-state index in [2.05, 4.69) is 110 Å². The maximum atomic E-state index is 3.12. The van der Waals surface area contributed by atoms with Crippen molar-refractivity contribution in [2.75, 3.05) is 0 Å². The van der Waals surface area contributed by atoms with Crippen LogP contribution in [0.3, 0.4) is 0 Å². The van der Waals surface area contributed by atoms with Crippen LogP contribution in [0.1, 0.15) is 111 Å². The van der Waals surface area contributed by atoms with Crippen LogP contribution >= 0.6 is 0 Å². The Bertz CT molecular complexity index is 841. The predicted octanol–water partition coefficient (Wildman–Crippen LogP) is 8.85. The summed E-state index contributed by atoms with van der Waals surface area (Å²) in [7, 11) is 0. The van der Waals surface area contributed by atoms with Gasteiger partial charge >= 0.3 is 0 Å². The van der Waals surface area contributed by atoms with Crippen molar-refractivity contribution in [1.29, 1.82) is 0 Å². The Morgan fingerprint density at radius 3 is 1.57 bits per heavy atom. The number of nitrogens with one attached hydrogen (secondary N) is 1. The molecule has 1 aromatic heterocycles. The highest BCUT2D eigenvalue weighted by Gasteiger charge is 2.26. The van der Waals surface area contributed by atoms with Crippen LogP contribution in [0.25, 0.3) is 0 Å². The van der Waals surface area contributed by atoms with Gasteiger partial charge in [0.25, 0.3) is 0 Å². The summed E-state index contributed by atoms with van der Waals surface area (Å²) >= 11 is 0. The summed E-state index contributed by atoms with van der Waals surface area (Å²) in [6.45, 7) is 9.13. The van der Waals surface area contributed by atoms with Crippen LogP contribution in [0.4, 0.5) is 0 Å². The van der Waals surface area contributed by atoms with Crippen molar-refractivity contribution in [3.05, 3.63) is 79.4 Å². The van der Waals surface area contributed by atoms with E-state index in [4.69, 9.17) is 0 Å². The zero-order valence-electron chi connectivity index (χ0n) is 24.5. The van der Waals surface area contributed by atoms with Gasteiger partial charge in [0, 0.05) is 0 Å². The summed E-state index contributed by atoms with van der Waals surface area (Å²) in [5, 5.41) is 0. The summed E-state index contributed by atoms with van der Waals surface area (Å²) < 4.78 is 2.32. The first-order valence-electron chi connectivity index (χ1n) is 15.5. The smallest absolute Gasteiger partial charge is 0.241 e. The van der Waals surface area contributed by atoms with E-state index in [-0.39, 0.29) is 0 Å². The number of unbranched alkanes of at least 4 members (excludes halogenated alkanes) is 6. The van der Waals surface area contributed by atoms with Crippen molar-refractivity contribution >= 4 is 17.1 Å². The van der Waals surface area contributed by atoms with Crippen molar-refractivity contribution in [2.24, 2.45) is 0 Å². The molecule has 0 aliphatic rings. The average Bonchev–Trinajstić information content (AvgIpc) is 3.48. The van der Waals surface area contributed by atoms with Gasteiger partial charge in [0.2, 0.25) is 6.33 Å². The fourth-order valence-corrected chi connectivity index (χ4v) is 6.07. The topological polar surface area (TPSA) is 19.7 Å². The number of rotatable bonds is 17. The van der Waals surface area contributed by atoms with Gasteiger partial charge in [-0.2, -0.15) is 12.6 Å². The van der Waals surface area contributed by atoms with E-state index in [9.17, 15) is 0 Å². The molecule has 0 amide bonds. The number of nitrogens with zero attached hydrogens (tertiary/aromatic N) is 1. The Morgan fingerprint density at radius 1 is 0.622 bits per heavy atom. The number of hydrogen-bond acceptors (Lipinski definition) is 0. The Morgan fingerprint density at radius 2 is 1.14 bits per heavy atom. The van der Waals surface area contributed by atoms with Gasteiger partial charge in [-0.05, 0) is 19.3 Å². The van der Waals surface area contributed by atoms with Crippen molar-refractivity contribution in [1.82, 2.24) is 4.98 Å². The summed E-state index contributed by atoms with van der Waals surface area (Å²) in [6.07, 6.45) is 24.1. The molecule has 1 unspecified atom stereocenters. The monoisotopic (exact) mass is 502 g/mol. The van der Waals surface area contributed by atoms with Gasteiger partial charge in [-0.1, -0.05) is 146 Å². The maximum Gasteiger partial charge on any atom is 0.241 e. The van der Waals surface area contributed by atoms with Gasteiger partial charge in [-0.3, -0.25) is 4.98 Å². The molecule has 3 heteroatoms. The molecule has 0 fully saturated rings. The van der Waals surface area contributed by atoms with Gasteiger partial charge < -0.3 is 0 Å². The second-order valence-electron chi connectivity index (χ2n) is 11.1. The molecule has 0 spiro atoms. The fourth-order valence-electron chi connectivity index (χ4n) is 6.07. The lowest BCUT2D eigenvalue weighted by atomic mass is 9.15. The number of imidazole rings is 1. The standard InChI is InChI=1S/C22H32B.C12H22N2/c1-3-5-13-19-23(20-14-6-4-2,21-15-9-7-10-16-21)22-17-11-8-12-18-22;1-3-5-6-8-12(7-4-2)14-10-9-13-11-14/h7-12,15-18H,3-6,13-14,19-20H2,1-2H3;9-12H,3-8H2,1-2H3/q-1;/p+1. The number of aromatic amines is 1. The second-order valence-corrected chi connectivity index (χ2v) is 11.1. The highest BCUT2D eigenvalue weighted by Crippen LogP contribution is 2.23. The van der Waals surface area contributed by atoms with Gasteiger partial charge in [-0.25, -0.2) is 15.5 Å². The quantitative estimate of drug-likeness (QED) is 0.108. The third-order valence-electron chi connectivity index (χ3n) is 8.23. The molecule has 1 atom stereocenters. The summed E-state index contributed by atoms with van der Waals surface area (Å²) in [6, 6.07) is 23.3. The first-order valence-corrected chi connectivity index (χ1v) is 15.5. The maximum absolute atomic E-state index is 3.12. The largest absolute Gasteiger partial charge is 0.250 e. The average molecular weight is 503 g/mol. The minimum absolute atomic E-state index is 0.627. The molecule has 3 rings (SSSR count). The molecule has 1 heterocycles. The van der Waals surface area contributed by atoms with Gasteiger partial charge in [0.05, 0.1) is 6.15 Å². The molecule has 0 radical (unpaired) electrons. The van der Waals surface area contributed by atoms with Crippen LogP contribution < -0.4 is 15.5 Å². The van der Waals surface area contributed by atoms with Crippen LogP contribution in [0.2, 0.25) is 12.6 Å². The van der Waals surface area contributed by atoms with E-state index in [1.54, 1.807) is 10.9 Å². The highest BCUT2D eigenvalue weighted by molar-refractivity contribution is 7.02. The zero-order chi connectivity index (χ0) is 26.6. The van der Waals surface area contributed by atoms with E-state index in [1.165, 1.54) is 89.7 Å². The third-order valence-corrected chi connectivity index (χ3v) is 8.23. The minimum atomic E-state index is -0.627. The first kappa shape index (κ1) is 30.9. The third kappa shape index (κ3) is 10.5. The van der Waals surface area contributed by atoms with E-state index in [0.717, 1.165) is 0 Å². The molecule has 0 aliphatic carbocycles. The van der Waals surface area contributed by atoms with Crippen LogP contribution in [0.5, 0.6) is 0 Å². The number of aromatic nitrogens is 2. The molecule has 2 nitrogen and oxygen atoms in total. The zero-order valence-corrected chi connectivity index (χ0v) is 24.5. The Kier molecular flexibility index (Phi) is 15.8. The lowest BCUT2D eigenvalue weighted by Gasteiger charge is -2.42. The normalized spacial score (nSPS) is 12.1. The summed E-state index contributed by atoms with van der Waals surface area (Å²) in [5.74, 6) is 0. The van der Waals surface area contributed by atoms with Gasteiger partial charge in [0.15, 0.2) is 0 Å². The Balaban J connectivity index is 0.000000294. The first-order chi connectivity index (χ1) is 18.2. The fraction of sp³-hybridized carbons (Fsp3) is 0.559. The number of benzene rings is 2. The van der Waals surface area contributed by atoms with Crippen LogP contribution in [-0.2, 0) is 0 Å². The van der Waals surface area contributed by atoms with Crippen molar-refractivity contribution in [2.45, 2.75) is 123 Å². The van der Waals surface area contributed by atoms with E-state index in [1.807, 2.05) is 6.20 Å². The SMILES string of the molecule is CCCCCC(CCC)[n+]1cc[nH]c1.CCCCC[B-](CCCCC)(c1ccccc1)c1ccccc1. The molecule has 204 valence electrons. The summed E-state index contributed by atoms with van der Waals surface area (Å²) in [5.41, 5.74) is 3.12. The molecule has 0 aliphatic heterocycles. The molecule has 1 N–H and O–H groups in total. The molecule has 0 bridgehead atoms. The molecule has 3 aromatic rings.